The van der Waals surface area contributed by atoms with Crippen molar-refractivity contribution >= 4 is 39.3 Å². The van der Waals surface area contributed by atoms with Gasteiger partial charge in [-0.15, -0.1) is 0 Å². The van der Waals surface area contributed by atoms with Crippen molar-refractivity contribution in [1.29, 1.82) is 0 Å². The third-order valence-corrected chi connectivity index (χ3v) is 7.35. The number of benzene rings is 3. The molecule has 0 amide bonds. The van der Waals surface area contributed by atoms with E-state index in [1.807, 2.05) is 13.8 Å². The molecular weight excluding hydrogens is 436 g/mol. The minimum Gasteiger partial charge on any atom is -0.320 e. The van der Waals surface area contributed by atoms with Crippen molar-refractivity contribution < 1.29 is 0 Å². The van der Waals surface area contributed by atoms with Crippen LogP contribution in [0, 0.1) is 0 Å². The second kappa shape index (κ2) is 9.54. The number of aromatic nitrogens is 2. The molecular formula is C34H32N2. The first kappa shape index (κ1) is 22.4. The summed E-state index contributed by atoms with van der Waals surface area (Å²) < 4.78 is 4.93. The van der Waals surface area contributed by atoms with Gasteiger partial charge in [0, 0.05) is 45.2 Å². The van der Waals surface area contributed by atoms with Gasteiger partial charge in [-0.05, 0) is 55.5 Å². The fraction of sp³-hybridized carbons (Fsp3) is 0.176. The van der Waals surface area contributed by atoms with Crippen LogP contribution in [0.4, 0.5) is 0 Å². The SMILES string of the molecule is C1=Cc2c(n(C3=CC=C(n4cc(-c5ccccc5)c5ccccc54)CC3)c3ccccc23)CC1.CC. The van der Waals surface area contributed by atoms with Crippen molar-refractivity contribution in [1.82, 2.24) is 9.13 Å². The molecule has 2 aliphatic rings. The maximum absolute atomic E-state index is 2.53. The first-order valence-corrected chi connectivity index (χ1v) is 13.2. The zero-order valence-corrected chi connectivity index (χ0v) is 21.1. The minimum absolute atomic E-state index is 1.02. The van der Waals surface area contributed by atoms with E-state index < -0.39 is 0 Å². The molecule has 7 rings (SSSR count). The van der Waals surface area contributed by atoms with E-state index in [-0.39, 0.29) is 0 Å². The third-order valence-electron chi connectivity index (χ3n) is 7.35. The molecule has 2 aromatic heterocycles. The summed E-state index contributed by atoms with van der Waals surface area (Å²) in [5.74, 6) is 0. The Morgan fingerprint density at radius 3 is 2.08 bits per heavy atom. The molecule has 0 N–H and O–H groups in total. The molecule has 178 valence electrons. The Hall–Kier alpha value is -4.04. The molecule has 0 atom stereocenters. The maximum atomic E-state index is 2.53. The first-order chi connectivity index (χ1) is 17.9. The average Bonchev–Trinajstić information content (AvgIpc) is 3.51. The van der Waals surface area contributed by atoms with Gasteiger partial charge < -0.3 is 9.13 Å². The van der Waals surface area contributed by atoms with Crippen molar-refractivity contribution in [3.63, 3.8) is 0 Å². The van der Waals surface area contributed by atoms with Gasteiger partial charge in [0.2, 0.25) is 0 Å². The number of para-hydroxylation sites is 2. The molecule has 5 aromatic rings. The molecule has 0 unspecified atom stereocenters. The summed E-state index contributed by atoms with van der Waals surface area (Å²) in [7, 11) is 0. The van der Waals surface area contributed by atoms with Crippen molar-refractivity contribution in [2.45, 2.75) is 39.5 Å². The highest BCUT2D eigenvalue weighted by Crippen LogP contribution is 2.38. The van der Waals surface area contributed by atoms with Gasteiger partial charge in [-0.25, -0.2) is 0 Å². The Kier molecular flexibility index (Phi) is 5.95. The summed E-state index contributed by atoms with van der Waals surface area (Å²) in [5, 5.41) is 2.68. The summed E-state index contributed by atoms with van der Waals surface area (Å²) in [6.07, 6.45) is 15.9. The largest absolute Gasteiger partial charge is 0.320 e. The van der Waals surface area contributed by atoms with Crippen LogP contribution in [0.5, 0.6) is 0 Å². The highest BCUT2D eigenvalue weighted by Gasteiger charge is 2.21. The molecule has 2 heteroatoms. The molecule has 2 aliphatic carbocycles. The Bertz CT molecular complexity index is 1640. The fourth-order valence-corrected chi connectivity index (χ4v) is 5.77. The van der Waals surface area contributed by atoms with Crippen LogP contribution in [0.2, 0.25) is 0 Å². The molecule has 36 heavy (non-hydrogen) atoms. The van der Waals surface area contributed by atoms with E-state index in [0.29, 0.717) is 0 Å². The van der Waals surface area contributed by atoms with Gasteiger partial charge in [0.15, 0.2) is 0 Å². The van der Waals surface area contributed by atoms with Crippen LogP contribution in [0.25, 0.3) is 50.4 Å². The van der Waals surface area contributed by atoms with E-state index in [0.717, 1.165) is 25.7 Å². The number of hydrogen-bond acceptors (Lipinski definition) is 0. The van der Waals surface area contributed by atoms with Crippen molar-refractivity contribution in [3.05, 3.63) is 115 Å². The summed E-state index contributed by atoms with van der Waals surface area (Å²) in [4.78, 5) is 0. The van der Waals surface area contributed by atoms with Gasteiger partial charge in [0.05, 0.1) is 11.0 Å². The van der Waals surface area contributed by atoms with Gasteiger partial charge in [0.25, 0.3) is 0 Å². The number of fused-ring (bicyclic) bond motifs is 4. The first-order valence-electron chi connectivity index (χ1n) is 13.2. The van der Waals surface area contributed by atoms with E-state index in [2.05, 4.69) is 118 Å². The van der Waals surface area contributed by atoms with E-state index in [4.69, 9.17) is 0 Å². The molecule has 0 bridgehead atoms. The lowest BCUT2D eigenvalue weighted by molar-refractivity contribution is 0.856. The lowest BCUT2D eigenvalue weighted by Gasteiger charge is -2.21. The van der Waals surface area contributed by atoms with Gasteiger partial charge in [-0.1, -0.05) is 92.7 Å². The highest BCUT2D eigenvalue weighted by atomic mass is 15.0. The third kappa shape index (κ3) is 3.65. The summed E-state index contributed by atoms with van der Waals surface area (Å²) in [6.45, 7) is 4.00. The van der Waals surface area contributed by atoms with Crippen LogP contribution in [-0.2, 0) is 6.42 Å². The van der Waals surface area contributed by atoms with E-state index in [1.54, 1.807) is 0 Å². The van der Waals surface area contributed by atoms with E-state index >= 15 is 0 Å². The molecule has 2 heterocycles. The lowest BCUT2D eigenvalue weighted by Crippen LogP contribution is -2.08. The second-order valence-corrected chi connectivity index (χ2v) is 9.27. The van der Waals surface area contributed by atoms with Gasteiger partial charge in [0.1, 0.15) is 0 Å². The summed E-state index contributed by atoms with van der Waals surface area (Å²) >= 11 is 0. The van der Waals surface area contributed by atoms with E-state index in [9.17, 15) is 0 Å². The Balaban J connectivity index is 0.00000117. The van der Waals surface area contributed by atoms with Gasteiger partial charge >= 0.3 is 0 Å². The van der Waals surface area contributed by atoms with Crippen LogP contribution in [0.1, 0.15) is 44.4 Å². The standard InChI is InChI=1S/C32H26N2.C2H6/c1-2-10-23(11-3-1)29-22-33(30-15-7-4-14-28(29)30)24-18-20-25(21-19-24)34-31-16-8-5-12-26(31)27-13-6-9-17-32(27)34;1-2/h1-8,10-16,18,20,22H,9,17,19,21H2;1-2H3. The molecule has 0 saturated heterocycles. The van der Waals surface area contributed by atoms with Crippen LogP contribution >= 0.6 is 0 Å². The predicted octanol–water partition coefficient (Wildman–Crippen LogP) is 9.42. The molecule has 0 fully saturated rings. The average molecular weight is 469 g/mol. The summed E-state index contributed by atoms with van der Waals surface area (Å²) in [6, 6.07) is 28.3. The molecule has 2 nitrogen and oxygen atoms in total. The van der Waals surface area contributed by atoms with Crippen molar-refractivity contribution in [2.75, 3.05) is 0 Å². The Labute approximate surface area is 213 Å². The van der Waals surface area contributed by atoms with Crippen molar-refractivity contribution in [3.8, 4) is 11.1 Å². The number of allylic oxidation sites excluding steroid dienone is 5. The van der Waals surface area contributed by atoms with Crippen LogP contribution < -0.4 is 0 Å². The number of hydrogen-bond donors (Lipinski definition) is 0. The van der Waals surface area contributed by atoms with Crippen LogP contribution in [0.15, 0.2) is 103 Å². The monoisotopic (exact) mass is 468 g/mol. The molecule has 0 spiro atoms. The number of rotatable bonds is 3. The topological polar surface area (TPSA) is 9.86 Å². The quantitative estimate of drug-likeness (QED) is 0.249. The maximum Gasteiger partial charge on any atom is 0.0534 e. The smallest absolute Gasteiger partial charge is 0.0534 e. The van der Waals surface area contributed by atoms with Gasteiger partial charge in [-0.2, -0.15) is 0 Å². The Morgan fingerprint density at radius 1 is 0.639 bits per heavy atom. The molecule has 0 aliphatic heterocycles. The summed E-state index contributed by atoms with van der Waals surface area (Å²) in [5.41, 5.74) is 10.8. The second-order valence-electron chi connectivity index (χ2n) is 9.27. The number of nitrogens with zero attached hydrogens (tertiary/aromatic N) is 2. The fourth-order valence-electron chi connectivity index (χ4n) is 5.77. The van der Waals surface area contributed by atoms with Crippen LogP contribution in [0.3, 0.4) is 0 Å². The minimum atomic E-state index is 1.02. The lowest BCUT2D eigenvalue weighted by atomic mass is 10.0. The van der Waals surface area contributed by atoms with Gasteiger partial charge in [-0.3, -0.25) is 0 Å². The Morgan fingerprint density at radius 2 is 1.31 bits per heavy atom. The zero-order chi connectivity index (χ0) is 24.5. The normalized spacial score (nSPS) is 14.7. The molecule has 0 saturated carbocycles. The van der Waals surface area contributed by atoms with Crippen molar-refractivity contribution in [2.24, 2.45) is 0 Å². The van der Waals surface area contributed by atoms with Crippen LogP contribution in [-0.4, -0.2) is 9.13 Å². The highest BCUT2D eigenvalue weighted by molar-refractivity contribution is 5.98. The van der Waals surface area contributed by atoms with E-state index in [1.165, 1.54) is 55.6 Å². The predicted molar refractivity (Wildman–Crippen MR) is 156 cm³/mol. The molecule has 3 aromatic carbocycles. The zero-order valence-electron chi connectivity index (χ0n) is 21.1. The molecule has 0 radical (unpaired) electrons.